The van der Waals surface area contributed by atoms with Gasteiger partial charge in [-0.2, -0.15) is 11.1 Å². The standard InChI is InChI=1S/C12H25NO.C9H13.C2H7Si.2ClH.Ti/c1-2-3-4-5-6-7-8-9-10-11-12(13)14;1-6-5-7(2)9(4)8(6)3;1-3-2;;;/h2-11H2,1H3,(H2,13,14);6H,1-4H3;3H,1-2H3;2*1H;/q;-1;;;;+4/p-3. The smallest absolute Gasteiger partial charge is 1.00 e. The van der Waals surface area contributed by atoms with Crippen molar-refractivity contribution in [1.82, 2.24) is 0 Å². The average Bonchev–Trinajstić information content (AvgIpc) is 2.80. The van der Waals surface area contributed by atoms with Crippen LogP contribution in [0, 0.1) is 12.0 Å². The molecule has 0 aromatic rings. The first kappa shape index (κ1) is 39.9. The van der Waals surface area contributed by atoms with Gasteiger partial charge in [-0.3, -0.25) is 6.08 Å². The normalized spacial score (nSPS) is 14.0. The van der Waals surface area contributed by atoms with Crippen LogP contribution in [0.15, 0.2) is 16.7 Å². The third kappa shape index (κ3) is 26.4. The third-order valence-electron chi connectivity index (χ3n) is 4.74. The maximum Gasteiger partial charge on any atom is 4.00 e. The molecule has 1 amide bonds. The molecule has 0 bridgehead atoms. The van der Waals surface area contributed by atoms with Crippen LogP contribution in [0.2, 0.25) is 13.1 Å². The zero-order valence-electron chi connectivity index (χ0n) is 19.9. The van der Waals surface area contributed by atoms with E-state index in [1.807, 2.05) is 0 Å². The summed E-state index contributed by atoms with van der Waals surface area (Å²) in [6, 6.07) is 0. The minimum atomic E-state index is -0.409. The number of amides is 1. The molecule has 1 aliphatic carbocycles. The molecule has 2 nitrogen and oxygen atoms in total. The summed E-state index contributed by atoms with van der Waals surface area (Å²) in [5.74, 6) is 0.151. The van der Waals surface area contributed by atoms with Crippen LogP contribution in [-0.4, -0.2) is 15.4 Å². The molecule has 1 atom stereocenters. The minimum absolute atomic E-state index is 0. The first-order chi connectivity index (χ1) is 12.3. The molecule has 0 heterocycles. The van der Waals surface area contributed by atoms with E-state index >= 15 is 0 Å². The van der Waals surface area contributed by atoms with E-state index in [4.69, 9.17) is 5.73 Å². The maximum atomic E-state index is 10.3. The second-order valence-electron chi connectivity index (χ2n) is 7.38. The van der Waals surface area contributed by atoms with Crippen molar-refractivity contribution in [1.29, 1.82) is 0 Å². The van der Waals surface area contributed by atoms with Crippen molar-refractivity contribution in [2.24, 2.45) is 5.92 Å². The van der Waals surface area contributed by atoms with Gasteiger partial charge in [0.1, 0.15) is 0 Å². The van der Waals surface area contributed by atoms with E-state index in [0.717, 1.165) is 22.4 Å². The molecule has 0 aromatic carbocycles. The second kappa shape index (κ2) is 28.5. The van der Waals surface area contributed by atoms with Gasteiger partial charge in [0.2, 0.25) is 0 Å². The van der Waals surface area contributed by atoms with Crippen LogP contribution in [0.25, 0.3) is 5.73 Å². The number of rotatable bonds is 10. The first-order valence-electron chi connectivity index (χ1n) is 10.6. The van der Waals surface area contributed by atoms with Gasteiger partial charge in [0.15, 0.2) is 0 Å². The Balaban J connectivity index is -0.000000111. The van der Waals surface area contributed by atoms with E-state index in [-0.39, 0.29) is 46.5 Å². The van der Waals surface area contributed by atoms with Gasteiger partial charge in [0, 0.05) is 15.4 Å². The molecule has 1 rings (SSSR count). The van der Waals surface area contributed by atoms with Gasteiger partial charge >= 0.3 is 21.7 Å². The number of unbranched alkanes of at least 4 members (excludes halogenated alkanes) is 8. The Morgan fingerprint density at radius 2 is 1.31 bits per heavy atom. The molecule has 1 unspecified atom stereocenters. The van der Waals surface area contributed by atoms with Crippen molar-refractivity contribution in [2.75, 3.05) is 0 Å². The number of nitrogens with one attached hydrogen (secondary N) is 1. The largest absolute Gasteiger partial charge is 4.00 e. The number of allylic oxidation sites excluding steroid dienone is 4. The van der Waals surface area contributed by atoms with Crippen molar-refractivity contribution in [3.05, 3.63) is 28.5 Å². The molecule has 0 saturated carbocycles. The number of halogens is 2. The Kier molecular flexibility index (Phi) is 39.1. The zero-order chi connectivity index (χ0) is 20.4. The van der Waals surface area contributed by atoms with Crippen LogP contribution in [0.5, 0.6) is 0 Å². The summed E-state index contributed by atoms with van der Waals surface area (Å²) in [4.78, 5) is 10.3. The van der Waals surface area contributed by atoms with Crippen LogP contribution in [-0.2, 0) is 26.5 Å². The molecule has 1 N–H and O–H groups in total. The van der Waals surface area contributed by atoms with E-state index in [2.05, 4.69) is 53.8 Å². The number of carbonyl (C=O) groups excluding carboxylic acids is 1. The van der Waals surface area contributed by atoms with Crippen molar-refractivity contribution >= 4 is 15.4 Å². The van der Waals surface area contributed by atoms with Crippen molar-refractivity contribution in [3.8, 4) is 0 Å². The van der Waals surface area contributed by atoms with Gasteiger partial charge in [-0.05, 0) is 12.8 Å². The summed E-state index contributed by atoms with van der Waals surface area (Å²) >= 11 is 0. The van der Waals surface area contributed by atoms with Gasteiger partial charge in [-0.1, -0.05) is 98.1 Å². The first-order valence-corrected chi connectivity index (χ1v) is 12.9. The summed E-state index contributed by atoms with van der Waals surface area (Å²) in [5.41, 5.74) is 11.0. The van der Waals surface area contributed by atoms with E-state index in [1.54, 1.807) is 0 Å². The minimum Gasteiger partial charge on any atom is -1.00 e. The molecular weight excluding hydrogens is 453 g/mol. The third-order valence-corrected chi connectivity index (χ3v) is 4.74. The molecule has 6 heteroatoms. The van der Waals surface area contributed by atoms with Crippen molar-refractivity contribution in [2.45, 2.75) is 112 Å². The van der Waals surface area contributed by atoms with E-state index in [9.17, 15) is 4.79 Å². The molecule has 0 aliphatic heterocycles. The fraction of sp³-hybridized carbons (Fsp3) is 0.783. The number of carbonyl (C=O) groups is 1. The van der Waals surface area contributed by atoms with Gasteiger partial charge in [0.05, 0.1) is 0 Å². The summed E-state index contributed by atoms with van der Waals surface area (Å²) in [5, 5.41) is 0. The van der Waals surface area contributed by atoms with E-state index in [0.29, 0.717) is 12.3 Å². The zero-order valence-corrected chi connectivity index (χ0v) is 24.1. The Hall–Kier alpha value is 0.461. The summed E-state index contributed by atoms with van der Waals surface area (Å²) < 4.78 is 0. The second-order valence-corrected chi connectivity index (χ2v) is 8.53. The Morgan fingerprint density at radius 1 is 0.931 bits per heavy atom. The monoisotopic (exact) mass is 496 g/mol. The van der Waals surface area contributed by atoms with Gasteiger partial charge in [-0.25, -0.2) is 5.57 Å². The Bertz CT molecular complexity index is 429. The van der Waals surface area contributed by atoms with Gasteiger partial charge in [0.25, 0.3) is 0 Å². The molecule has 1 radical (unpaired) electrons. The molecule has 0 spiro atoms. The maximum absolute atomic E-state index is 10.3. The predicted molar refractivity (Wildman–Crippen MR) is 120 cm³/mol. The van der Waals surface area contributed by atoms with Crippen molar-refractivity contribution in [3.63, 3.8) is 0 Å². The fourth-order valence-electron chi connectivity index (χ4n) is 2.76. The van der Waals surface area contributed by atoms with Crippen LogP contribution >= 0.6 is 0 Å². The Labute approximate surface area is 212 Å². The van der Waals surface area contributed by atoms with Crippen molar-refractivity contribution < 1.29 is 51.3 Å². The molecule has 0 saturated heterocycles. The fourth-order valence-corrected chi connectivity index (χ4v) is 2.76. The van der Waals surface area contributed by atoms with Crippen LogP contribution in [0.4, 0.5) is 0 Å². The summed E-state index contributed by atoms with van der Waals surface area (Å²) in [7, 11) is 0.750. The molecular formula is C23H44Cl2NOSiTi. The van der Waals surface area contributed by atoms with Crippen LogP contribution in [0.3, 0.4) is 0 Å². The average molecular weight is 497 g/mol. The van der Waals surface area contributed by atoms with Gasteiger partial charge < -0.3 is 35.3 Å². The van der Waals surface area contributed by atoms with Crippen LogP contribution in [0.1, 0.15) is 98.8 Å². The molecule has 1 aliphatic rings. The molecule has 0 aromatic heterocycles. The topological polar surface area (TPSA) is 40.9 Å². The summed E-state index contributed by atoms with van der Waals surface area (Å²) in [6.07, 6.45) is 15.2. The molecule has 0 fully saturated rings. The predicted octanol–water partition coefficient (Wildman–Crippen LogP) is 1.73. The van der Waals surface area contributed by atoms with Crippen LogP contribution < -0.4 is 24.8 Å². The number of hydrogen-bond acceptors (Lipinski definition) is 1. The quantitative estimate of drug-likeness (QED) is 0.258. The SMILES string of the molecule is CC1=[C-]C(C)C(C)=C1C.CCCCCCCCCCCC([NH-])=O.C[SiH]C.[Cl-].[Cl-].[Ti+4]. The number of hydrogen-bond donors (Lipinski definition) is 0. The van der Waals surface area contributed by atoms with E-state index in [1.165, 1.54) is 61.7 Å². The van der Waals surface area contributed by atoms with E-state index < -0.39 is 5.91 Å². The summed E-state index contributed by atoms with van der Waals surface area (Å²) in [6.45, 7) is 15.3. The van der Waals surface area contributed by atoms with Gasteiger partial charge in [-0.15, -0.1) is 6.92 Å². The Morgan fingerprint density at radius 3 is 1.55 bits per heavy atom. The molecule has 169 valence electrons. The molecule has 29 heavy (non-hydrogen) atoms.